The smallest absolute Gasteiger partial charge is 0.223 e. The molecule has 0 aromatic rings. The second kappa shape index (κ2) is 6.80. The van der Waals surface area contributed by atoms with Crippen LogP contribution in [0.2, 0.25) is 0 Å². The number of hydrogen-bond acceptors (Lipinski definition) is 3. The van der Waals surface area contributed by atoms with E-state index in [1.165, 1.54) is 19.3 Å². The molecule has 0 bridgehead atoms. The van der Waals surface area contributed by atoms with Crippen LogP contribution in [-0.4, -0.2) is 36.0 Å². The van der Waals surface area contributed by atoms with E-state index in [0.717, 1.165) is 25.8 Å². The SMILES string of the molecule is CSC1CCCCC1NC(=O)C1CCNC(C)C1. The number of thioether (sulfide) groups is 1. The van der Waals surface area contributed by atoms with Crippen LogP contribution in [0.1, 0.15) is 45.4 Å². The van der Waals surface area contributed by atoms with Crippen LogP contribution in [0, 0.1) is 5.92 Å². The first kappa shape index (κ1) is 14.2. The first-order valence-corrected chi connectivity index (χ1v) is 8.56. The van der Waals surface area contributed by atoms with Gasteiger partial charge >= 0.3 is 0 Å². The maximum absolute atomic E-state index is 12.3. The summed E-state index contributed by atoms with van der Waals surface area (Å²) in [6.45, 7) is 3.15. The molecule has 2 fully saturated rings. The van der Waals surface area contributed by atoms with Gasteiger partial charge in [-0.25, -0.2) is 0 Å². The lowest BCUT2D eigenvalue weighted by atomic mass is 9.90. The first-order chi connectivity index (χ1) is 8.70. The molecule has 1 saturated heterocycles. The summed E-state index contributed by atoms with van der Waals surface area (Å²) in [4.78, 5) is 12.3. The van der Waals surface area contributed by atoms with Gasteiger partial charge in [0, 0.05) is 23.3 Å². The fraction of sp³-hybridized carbons (Fsp3) is 0.929. The molecule has 18 heavy (non-hydrogen) atoms. The maximum atomic E-state index is 12.3. The Morgan fingerprint density at radius 3 is 2.78 bits per heavy atom. The summed E-state index contributed by atoms with van der Waals surface area (Å²) in [6.07, 6.45) is 9.16. The Balaban J connectivity index is 1.85. The second-order valence-electron chi connectivity index (χ2n) is 5.75. The molecular weight excluding hydrogens is 244 g/mol. The molecule has 2 N–H and O–H groups in total. The van der Waals surface area contributed by atoms with Crippen molar-refractivity contribution in [3.63, 3.8) is 0 Å². The van der Waals surface area contributed by atoms with Crippen molar-refractivity contribution in [3.8, 4) is 0 Å². The minimum absolute atomic E-state index is 0.227. The van der Waals surface area contributed by atoms with Crippen molar-refractivity contribution in [2.75, 3.05) is 12.8 Å². The standard InChI is InChI=1S/C14H26N2OS/c1-10-9-11(7-8-15-10)14(17)16-12-5-3-4-6-13(12)18-2/h10-13,15H,3-9H2,1-2H3,(H,16,17). The molecule has 1 aliphatic heterocycles. The Hall–Kier alpha value is -0.220. The van der Waals surface area contributed by atoms with E-state index < -0.39 is 0 Å². The summed E-state index contributed by atoms with van der Waals surface area (Å²) in [6, 6.07) is 0.892. The molecule has 4 atom stereocenters. The monoisotopic (exact) mass is 270 g/mol. The minimum atomic E-state index is 0.227. The highest BCUT2D eigenvalue weighted by atomic mass is 32.2. The molecule has 2 rings (SSSR count). The van der Waals surface area contributed by atoms with E-state index in [-0.39, 0.29) is 5.92 Å². The molecule has 1 aliphatic carbocycles. The quantitative estimate of drug-likeness (QED) is 0.826. The molecule has 3 nitrogen and oxygen atoms in total. The van der Waals surface area contributed by atoms with E-state index in [9.17, 15) is 4.79 Å². The van der Waals surface area contributed by atoms with Crippen molar-refractivity contribution in [1.82, 2.24) is 10.6 Å². The number of rotatable bonds is 3. The van der Waals surface area contributed by atoms with E-state index >= 15 is 0 Å². The van der Waals surface area contributed by atoms with Crippen molar-refractivity contribution < 1.29 is 4.79 Å². The highest BCUT2D eigenvalue weighted by Gasteiger charge is 2.30. The molecule has 0 radical (unpaired) electrons. The van der Waals surface area contributed by atoms with Crippen molar-refractivity contribution in [1.29, 1.82) is 0 Å². The topological polar surface area (TPSA) is 41.1 Å². The number of piperidine rings is 1. The Morgan fingerprint density at radius 2 is 2.06 bits per heavy atom. The maximum Gasteiger partial charge on any atom is 0.223 e. The predicted octanol–water partition coefficient (Wildman–Crippen LogP) is 2.16. The zero-order valence-electron chi connectivity index (χ0n) is 11.6. The number of hydrogen-bond donors (Lipinski definition) is 2. The van der Waals surface area contributed by atoms with Gasteiger partial charge in [-0.3, -0.25) is 4.79 Å². The summed E-state index contributed by atoms with van der Waals surface area (Å²) < 4.78 is 0. The molecule has 4 unspecified atom stereocenters. The number of nitrogens with one attached hydrogen (secondary N) is 2. The van der Waals surface area contributed by atoms with Crippen LogP contribution in [0.25, 0.3) is 0 Å². The molecule has 104 valence electrons. The Kier molecular flexibility index (Phi) is 5.37. The van der Waals surface area contributed by atoms with Gasteiger partial charge in [0.2, 0.25) is 5.91 Å². The van der Waals surface area contributed by atoms with Crippen molar-refractivity contribution in [2.45, 2.75) is 62.8 Å². The van der Waals surface area contributed by atoms with Crippen LogP contribution in [0.15, 0.2) is 0 Å². The van der Waals surface area contributed by atoms with E-state index in [1.54, 1.807) is 0 Å². The number of carbonyl (C=O) groups excluding carboxylic acids is 1. The lowest BCUT2D eigenvalue weighted by Gasteiger charge is -2.34. The molecule has 1 heterocycles. The highest BCUT2D eigenvalue weighted by molar-refractivity contribution is 7.99. The van der Waals surface area contributed by atoms with Crippen LogP contribution in [-0.2, 0) is 4.79 Å². The van der Waals surface area contributed by atoms with E-state index in [0.29, 0.717) is 23.2 Å². The molecule has 1 saturated carbocycles. The van der Waals surface area contributed by atoms with Crippen LogP contribution < -0.4 is 10.6 Å². The molecule has 0 aromatic heterocycles. The van der Waals surface area contributed by atoms with Gasteiger partial charge in [-0.05, 0) is 45.4 Å². The fourth-order valence-corrected chi connectivity index (χ4v) is 4.15. The second-order valence-corrected chi connectivity index (χ2v) is 6.83. The molecule has 0 aromatic carbocycles. The van der Waals surface area contributed by atoms with Crippen LogP contribution >= 0.6 is 11.8 Å². The molecular formula is C14H26N2OS. The minimum Gasteiger partial charge on any atom is -0.352 e. The Morgan fingerprint density at radius 1 is 1.28 bits per heavy atom. The normalized spacial score (nSPS) is 37.2. The van der Waals surface area contributed by atoms with Crippen molar-refractivity contribution in [2.24, 2.45) is 5.92 Å². The van der Waals surface area contributed by atoms with Gasteiger partial charge in [-0.1, -0.05) is 12.8 Å². The number of amides is 1. The Bertz CT molecular complexity index is 285. The van der Waals surface area contributed by atoms with Gasteiger partial charge < -0.3 is 10.6 Å². The van der Waals surface area contributed by atoms with Crippen LogP contribution in [0.3, 0.4) is 0 Å². The third-order valence-electron chi connectivity index (χ3n) is 4.33. The van der Waals surface area contributed by atoms with Gasteiger partial charge in [-0.2, -0.15) is 11.8 Å². The van der Waals surface area contributed by atoms with Crippen molar-refractivity contribution in [3.05, 3.63) is 0 Å². The summed E-state index contributed by atoms with van der Waals surface area (Å²) in [5, 5.41) is 7.36. The largest absolute Gasteiger partial charge is 0.352 e. The molecule has 2 aliphatic rings. The average Bonchev–Trinajstić information content (AvgIpc) is 2.39. The zero-order valence-corrected chi connectivity index (χ0v) is 12.4. The van der Waals surface area contributed by atoms with Crippen LogP contribution in [0.5, 0.6) is 0 Å². The summed E-state index contributed by atoms with van der Waals surface area (Å²) >= 11 is 1.92. The fourth-order valence-electron chi connectivity index (χ4n) is 3.21. The third-order valence-corrected chi connectivity index (χ3v) is 5.50. The van der Waals surface area contributed by atoms with Crippen molar-refractivity contribution >= 4 is 17.7 Å². The lowest BCUT2D eigenvalue weighted by Crippen LogP contribution is -2.49. The van der Waals surface area contributed by atoms with Gasteiger partial charge in [-0.15, -0.1) is 0 Å². The summed E-state index contributed by atoms with van der Waals surface area (Å²) in [5.74, 6) is 0.528. The third kappa shape index (κ3) is 3.64. The van der Waals surface area contributed by atoms with Gasteiger partial charge in [0.25, 0.3) is 0 Å². The van der Waals surface area contributed by atoms with Crippen LogP contribution in [0.4, 0.5) is 0 Å². The summed E-state index contributed by atoms with van der Waals surface area (Å²) in [5.41, 5.74) is 0. The van der Waals surface area contributed by atoms with E-state index in [4.69, 9.17) is 0 Å². The lowest BCUT2D eigenvalue weighted by molar-refractivity contribution is -0.126. The molecule has 4 heteroatoms. The number of carbonyl (C=O) groups is 1. The molecule has 0 spiro atoms. The zero-order chi connectivity index (χ0) is 13.0. The van der Waals surface area contributed by atoms with Gasteiger partial charge in [0.1, 0.15) is 0 Å². The van der Waals surface area contributed by atoms with Gasteiger partial charge in [0.05, 0.1) is 0 Å². The van der Waals surface area contributed by atoms with E-state index in [2.05, 4.69) is 23.8 Å². The molecule has 1 amide bonds. The Labute approximate surface area is 115 Å². The first-order valence-electron chi connectivity index (χ1n) is 7.27. The van der Waals surface area contributed by atoms with Gasteiger partial charge in [0.15, 0.2) is 0 Å². The van der Waals surface area contributed by atoms with E-state index in [1.807, 2.05) is 11.8 Å². The average molecular weight is 270 g/mol. The predicted molar refractivity (Wildman–Crippen MR) is 77.9 cm³/mol. The highest BCUT2D eigenvalue weighted by Crippen LogP contribution is 2.28. The summed E-state index contributed by atoms with van der Waals surface area (Å²) in [7, 11) is 0.